The summed E-state index contributed by atoms with van der Waals surface area (Å²) >= 11 is 0. The van der Waals surface area contributed by atoms with Gasteiger partial charge in [-0.25, -0.2) is 18.4 Å². The Morgan fingerprint density at radius 3 is 2.72 bits per heavy atom. The van der Waals surface area contributed by atoms with Crippen molar-refractivity contribution < 1.29 is 18.6 Å². The molecule has 8 heteroatoms. The van der Waals surface area contributed by atoms with Gasteiger partial charge in [0.15, 0.2) is 0 Å². The van der Waals surface area contributed by atoms with Crippen LogP contribution < -0.4 is 0 Å². The van der Waals surface area contributed by atoms with Crippen molar-refractivity contribution in [3.8, 4) is 0 Å². The molecule has 1 aromatic heterocycles. The fourth-order valence-electron chi connectivity index (χ4n) is 2.97. The van der Waals surface area contributed by atoms with Gasteiger partial charge in [-0.1, -0.05) is 36.4 Å². The lowest BCUT2D eigenvalue weighted by Gasteiger charge is -2.32. The first-order chi connectivity index (χ1) is 14.0. The van der Waals surface area contributed by atoms with Gasteiger partial charge in [0.25, 0.3) is 0 Å². The zero-order chi connectivity index (χ0) is 20.7. The van der Waals surface area contributed by atoms with E-state index in [-0.39, 0.29) is 18.7 Å². The second-order valence-electron chi connectivity index (χ2n) is 6.65. The van der Waals surface area contributed by atoms with Crippen molar-refractivity contribution in [3.05, 3.63) is 83.9 Å². The largest absolute Gasteiger partial charge is 0.381 e. The maximum absolute atomic E-state index is 14.4. The Morgan fingerprint density at radius 2 is 2.03 bits per heavy atom. The molecule has 0 radical (unpaired) electrons. The summed E-state index contributed by atoms with van der Waals surface area (Å²) in [6.07, 6.45) is 4.25. The predicted octanol–water partition coefficient (Wildman–Crippen LogP) is 3.12. The van der Waals surface area contributed by atoms with E-state index in [1.54, 1.807) is 6.92 Å². The molecule has 0 amide bonds. The Bertz CT molecular complexity index is 935. The van der Waals surface area contributed by atoms with Crippen molar-refractivity contribution in [2.24, 2.45) is 4.99 Å². The molecule has 0 saturated carbocycles. The Morgan fingerprint density at radius 1 is 1.24 bits per heavy atom. The summed E-state index contributed by atoms with van der Waals surface area (Å²) in [4.78, 5) is 8.17. The molecule has 1 N–H and O–H groups in total. The maximum atomic E-state index is 14.4. The van der Waals surface area contributed by atoms with Crippen molar-refractivity contribution in [1.29, 1.82) is 0 Å². The monoisotopic (exact) mass is 400 g/mol. The normalized spacial score (nSPS) is 14.8. The third-order valence-electron chi connectivity index (χ3n) is 4.59. The average Bonchev–Trinajstić information content (AvgIpc) is 3.21. The summed E-state index contributed by atoms with van der Waals surface area (Å²) in [5, 5.41) is 15.3. The zero-order valence-corrected chi connectivity index (χ0v) is 15.9. The van der Waals surface area contributed by atoms with Crippen LogP contribution in [0.25, 0.3) is 0 Å². The summed E-state index contributed by atoms with van der Waals surface area (Å²) in [5.41, 5.74) is -0.796. The van der Waals surface area contributed by atoms with Crippen LogP contribution in [0, 0.1) is 11.6 Å². The molecule has 0 aliphatic heterocycles. The van der Waals surface area contributed by atoms with E-state index in [1.165, 1.54) is 29.6 Å². The summed E-state index contributed by atoms with van der Waals surface area (Å²) in [6.45, 7) is 2.20. The minimum atomic E-state index is -1.76. The van der Waals surface area contributed by atoms with Gasteiger partial charge in [0.05, 0.1) is 25.8 Å². The highest BCUT2D eigenvalue weighted by atomic mass is 19.1. The summed E-state index contributed by atoms with van der Waals surface area (Å²) in [7, 11) is 0. The predicted molar refractivity (Wildman–Crippen MR) is 104 cm³/mol. The number of rotatable bonds is 9. The zero-order valence-electron chi connectivity index (χ0n) is 15.9. The summed E-state index contributed by atoms with van der Waals surface area (Å²) < 4.78 is 34.7. The number of aromatic nitrogens is 3. The van der Waals surface area contributed by atoms with Gasteiger partial charge in [0, 0.05) is 17.8 Å². The summed E-state index contributed by atoms with van der Waals surface area (Å²) in [5.74, 6) is -1.57. The van der Waals surface area contributed by atoms with E-state index in [0.717, 1.165) is 17.7 Å². The van der Waals surface area contributed by atoms with Crippen LogP contribution in [0.3, 0.4) is 0 Å². The van der Waals surface area contributed by atoms with Crippen LogP contribution in [0.1, 0.15) is 18.1 Å². The molecule has 29 heavy (non-hydrogen) atoms. The number of ether oxygens (including phenoxy) is 1. The lowest BCUT2D eigenvalue weighted by molar-refractivity contribution is -0.00781. The fourth-order valence-corrected chi connectivity index (χ4v) is 2.97. The number of hydrogen-bond acceptors (Lipinski definition) is 5. The van der Waals surface area contributed by atoms with Crippen LogP contribution in [0.5, 0.6) is 0 Å². The lowest BCUT2D eigenvalue weighted by atomic mass is 9.86. The van der Waals surface area contributed by atoms with Gasteiger partial charge >= 0.3 is 0 Å². The van der Waals surface area contributed by atoms with E-state index < -0.39 is 23.3 Å². The van der Waals surface area contributed by atoms with Crippen molar-refractivity contribution >= 4 is 6.21 Å². The highest BCUT2D eigenvalue weighted by Crippen LogP contribution is 2.31. The molecule has 0 aliphatic carbocycles. The number of nitrogens with zero attached hydrogens (tertiary/aromatic N) is 4. The number of aliphatic hydroxyl groups is 1. The first-order valence-electron chi connectivity index (χ1n) is 9.12. The first-order valence-corrected chi connectivity index (χ1v) is 9.12. The molecule has 6 nitrogen and oxygen atoms in total. The second kappa shape index (κ2) is 9.49. The molecular formula is C21H22F2N4O2. The molecule has 2 atom stereocenters. The molecule has 0 fully saturated rings. The fraction of sp³-hybridized carbons (Fsp3) is 0.286. The van der Waals surface area contributed by atoms with E-state index in [2.05, 4.69) is 15.1 Å². The highest BCUT2D eigenvalue weighted by molar-refractivity contribution is 5.59. The van der Waals surface area contributed by atoms with E-state index in [0.29, 0.717) is 6.61 Å². The van der Waals surface area contributed by atoms with Crippen LogP contribution >= 0.6 is 0 Å². The van der Waals surface area contributed by atoms with E-state index >= 15 is 0 Å². The van der Waals surface area contributed by atoms with E-state index in [1.807, 2.05) is 30.3 Å². The molecule has 2 aromatic carbocycles. The number of benzene rings is 2. The standard InChI is InChI=1S/C21H22F2N4O2/c1-16(25-9-10-29-12-17-5-3-2-4-6-17)21(28,13-27-15-24-14-26-27)19-8-7-18(22)11-20(19)23/h2-9,11,14-16,28H,10,12-13H2,1H3/t16-,21-/m0/s1. The average molecular weight is 400 g/mol. The smallest absolute Gasteiger partial charge is 0.137 e. The van der Waals surface area contributed by atoms with Crippen molar-refractivity contribution in [1.82, 2.24) is 14.8 Å². The van der Waals surface area contributed by atoms with Crippen molar-refractivity contribution in [2.45, 2.75) is 31.7 Å². The molecule has 0 bridgehead atoms. The van der Waals surface area contributed by atoms with Gasteiger partial charge in [0.2, 0.25) is 0 Å². The Balaban J connectivity index is 1.72. The molecule has 152 valence electrons. The van der Waals surface area contributed by atoms with E-state index in [4.69, 9.17) is 4.74 Å². The second-order valence-corrected chi connectivity index (χ2v) is 6.65. The van der Waals surface area contributed by atoms with Crippen LogP contribution in [-0.2, 0) is 23.5 Å². The van der Waals surface area contributed by atoms with Crippen LogP contribution in [0.2, 0.25) is 0 Å². The molecule has 3 aromatic rings. The highest BCUT2D eigenvalue weighted by Gasteiger charge is 2.39. The third kappa shape index (κ3) is 5.30. The minimum absolute atomic E-state index is 0.0655. The molecule has 0 unspecified atom stereocenters. The molecule has 1 heterocycles. The Kier molecular flexibility index (Phi) is 6.79. The molecule has 0 aliphatic rings. The molecule has 0 spiro atoms. The van der Waals surface area contributed by atoms with Crippen LogP contribution in [-0.4, -0.2) is 38.7 Å². The van der Waals surface area contributed by atoms with Crippen LogP contribution in [0.15, 0.2) is 66.2 Å². The van der Waals surface area contributed by atoms with E-state index in [9.17, 15) is 13.9 Å². The SMILES string of the molecule is C[C@H](N=CCOCc1ccccc1)[C@@](O)(Cn1cncn1)c1ccc(F)cc1F. The number of aliphatic imine (C=N–C) groups is 1. The molecular weight excluding hydrogens is 378 g/mol. The van der Waals surface area contributed by atoms with Gasteiger partial charge < -0.3 is 9.84 Å². The maximum Gasteiger partial charge on any atom is 0.137 e. The van der Waals surface area contributed by atoms with Gasteiger partial charge in [0.1, 0.15) is 29.9 Å². The third-order valence-corrected chi connectivity index (χ3v) is 4.59. The molecule has 0 saturated heterocycles. The van der Waals surface area contributed by atoms with Gasteiger partial charge in [-0.3, -0.25) is 4.99 Å². The number of hydrogen-bond donors (Lipinski definition) is 1. The quantitative estimate of drug-likeness (QED) is 0.443. The number of halogens is 2. The van der Waals surface area contributed by atoms with Gasteiger partial charge in [-0.05, 0) is 18.6 Å². The van der Waals surface area contributed by atoms with Gasteiger partial charge in [-0.15, -0.1) is 0 Å². The Labute approximate surface area is 167 Å². The molecule has 3 rings (SSSR count). The minimum Gasteiger partial charge on any atom is -0.381 e. The van der Waals surface area contributed by atoms with Crippen LogP contribution in [0.4, 0.5) is 8.78 Å². The summed E-state index contributed by atoms with van der Waals surface area (Å²) in [6, 6.07) is 12.0. The van der Waals surface area contributed by atoms with Crippen molar-refractivity contribution in [3.63, 3.8) is 0 Å². The van der Waals surface area contributed by atoms with Gasteiger partial charge in [-0.2, -0.15) is 5.10 Å². The topological polar surface area (TPSA) is 72.5 Å². The Hall–Kier alpha value is -2.97. The van der Waals surface area contributed by atoms with Crippen molar-refractivity contribution in [2.75, 3.05) is 6.61 Å². The first kappa shape index (κ1) is 20.8. The lowest BCUT2D eigenvalue weighted by Crippen LogP contribution is -2.42.